The molecular weight excluding hydrogens is 324 g/mol. The Hall–Kier alpha value is -2.15. The quantitative estimate of drug-likeness (QED) is 0.904. The number of urea groups is 1. The average molecular weight is 346 g/mol. The van der Waals surface area contributed by atoms with Gasteiger partial charge >= 0.3 is 12.0 Å². The lowest BCUT2D eigenvalue weighted by Gasteiger charge is -2.32. The number of thiophene rings is 1. The van der Waals surface area contributed by atoms with Crippen molar-refractivity contribution in [2.75, 3.05) is 13.1 Å². The fourth-order valence-corrected chi connectivity index (χ4v) is 3.59. The molecule has 0 radical (unpaired) electrons. The molecule has 1 aliphatic heterocycles. The van der Waals surface area contributed by atoms with Crippen LogP contribution in [-0.4, -0.2) is 46.1 Å². The number of aromatic nitrogens is 2. The molecule has 24 heavy (non-hydrogen) atoms. The van der Waals surface area contributed by atoms with E-state index in [1.165, 1.54) is 4.88 Å². The lowest BCUT2D eigenvalue weighted by atomic mass is 10.1. The minimum absolute atomic E-state index is 0.00784. The summed E-state index contributed by atoms with van der Waals surface area (Å²) >= 11 is 1.72. The highest BCUT2D eigenvalue weighted by Gasteiger charge is 2.25. The van der Waals surface area contributed by atoms with Crippen LogP contribution in [0.15, 0.2) is 36.0 Å². The van der Waals surface area contributed by atoms with Crippen LogP contribution in [0.3, 0.4) is 0 Å². The lowest BCUT2D eigenvalue weighted by Crippen LogP contribution is -2.49. The number of nitrogens with zero attached hydrogens (tertiary/aromatic N) is 3. The molecule has 0 aromatic carbocycles. The zero-order valence-corrected chi connectivity index (χ0v) is 14.5. The summed E-state index contributed by atoms with van der Waals surface area (Å²) in [6.45, 7) is 3.42. The van der Waals surface area contributed by atoms with Crippen molar-refractivity contribution < 1.29 is 9.53 Å². The first kappa shape index (κ1) is 16.7. The van der Waals surface area contributed by atoms with Gasteiger partial charge in [0.15, 0.2) is 0 Å². The van der Waals surface area contributed by atoms with Crippen LogP contribution in [0.4, 0.5) is 4.79 Å². The summed E-state index contributed by atoms with van der Waals surface area (Å²) in [4.78, 5) is 23.7. The second kappa shape index (κ2) is 8.10. The van der Waals surface area contributed by atoms with Crippen molar-refractivity contribution >= 4 is 17.4 Å². The van der Waals surface area contributed by atoms with Gasteiger partial charge in [0, 0.05) is 55.7 Å². The molecule has 1 atom stereocenters. The van der Waals surface area contributed by atoms with E-state index in [1.54, 1.807) is 29.8 Å². The van der Waals surface area contributed by atoms with Crippen LogP contribution in [-0.2, 0) is 6.42 Å². The number of amides is 2. The summed E-state index contributed by atoms with van der Waals surface area (Å²) in [7, 11) is 0. The summed E-state index contributed by atoms with van der Waals surface area (Å²) in [5.74, 6) is 0. The molecule has 1 N–H and O–H groups in total. The Morgan fingerprint density at radius 2 is 2.12 bits per heavy atom. The Morgan fingerprint density at radius 3 is 2.79 bits per heavy atom. The van der Waals surface area contributed by atoms with Crippen LogP contribution in [0.5, 0.6) is 6.01 Å². The van der Waals surface area contributed by atoms with E-state index in [-0.39, 0.29) is 18.2 Å². The molecular formula is C17H22N4O2S. The van der Waals surface area contributed by atoms with Gasteiger partial charge in [-0.2, -0.15) is 0 Å². The van der Waals surface area contributed by atoms with Gasteiger partial charge in [0.2, 0.25) is 0 Å². The summed E-state index contributed by atoms with van der Waals surface area (Å²) in [6, 6.07) is 6.44. The van der Waals surface area contributed by atoms with Crippen LogP contribution in [0.25, 0.3) is 0 Å². The van der Waals surface area contributed by atoms with Crippen molar-refractivity contribution in [2.24, 2.45) is 0 Å². The molecule has 7 heteroatoms. The van der Waals surface area contributed by atoms with E-state index in [2.05, 4.69) is 26.7 Å². The third kappa shape index (κ3) is 4.67. The molecule has 1 unspecified atom stereocenters. The molecule has 1 fully saturated rings. The van der Waals surface area contributed by atoms with E-state index < -0.39 is 0 Å². The van der Waals surface area contributed by atoms with E-state index in [0.717, 1.165) is 19.3 Å². The maximum Gasteiger partial charge on any atom is 0.317 e. The first-order valence-electron chi connectivity index (χ1n) is 8.22. The highest BCUT2D eigenvalue weighted by Crippen LogP contribution is 2.16. The zero-order valence-electron chi connectivity index (χ0n) is 13.7. The number of piperidine rings is 1. The van der Waals surface area contributed by atoms with Gasteiger partial charge in [0.1, 0.15) is 6.10 Å². The number of ether oxygens (including phenoxy) is 1. The van der Waals surface area contributed by atoms with Gasteiger partial charge in [-0.05, 0) is 24.4 Å². The second-order valence-electron chi connectivity index (χ2n) is 5.97. The molecule has 1 saturated heterocycles. The summed E-state index contributed by atoms with van der Waals surface area (Å²) in [6.07, 6.45) is 5.87. The van der Waals surface area contributed by atoms with Crippen molar-refractivity contribution in [1.82, 2.24) is 20.2 Å². The number of carbonyl (C=O) groups excluding carboxylic acids is 1. The minimum Gasteiger partial charge on any atom is -0.460 e. The van der Waals surface area contributed by atoms with Crippen LogP contribution in [0, 0.1) is 0 Å². The maximum atomic E-state index is 12.4. The molecule has 0 bridgehead atoms. The Labute approximate surface area is 145 Å². The second-order valence-corrected chi connectivity index (χ2v) is 7.00. The number of carbonyl (C=O) groups is 1. The van der Waals surface area contributed by atoms with E-state index in [1.807, 2.05) is 17.9 Å². The number of likely N-dealkylation sites (tertiary alicyclic amines) is 1. The van der Waals surface area contributed by atoms with Crippen LogP contribution in [0.2, 0.25) is 0 Å². The van der Waals surface area contributed by atoms with Crippen molar-refractivity contribution in [3.63, 3.8) is 0 Å². The van der Waals surface area contributed by atoms with Crippen LogP contribution in [0.1, 0.15) is 24.6 Å². The fourth-order valence-electron chi connectivity index (χ4n) is 2.76. The zero-order chi connectivity index (χ0) is 16.8. The molecule has 0 aliphatic carbocycles. The average Bonchev–Trinajstić information content (AvgIpc) is 3.09. The smallest absolute Gasteiger partial charge is 0.317 e. The Bertz CT molecular complexity index is 627. The van der Waals surface area contributed by atoms with E-state index in [0.29, 0.717) is 19.1 Å². The van der Waals surface area contributed by atoms with Crippen molar-refractivity contribution in [1.29, 1.82) is 0 Å². The predicted molar refractivity (Wildman–Crippen MR) is 93.3 cm³/mol. The van der Waals surface area contributed by atoms with Gasteiger partial charge < -0.3 is 15.0 Å². The summed E-state index contributed by atoms with van der Waals surface area (Å²) in [5.41, 5.74) is 0. The Balaban J connectivity index is 1.41. The molecule has 1 aliphatic rings. The van der Waals surface area contributed by atoms with Gasteiger partial charge in [-0.1, -0.05) is 6.07 Å². The standard InChI is InChI=1S/C17H22N4O2S/c1-13(12-15-4-2-11-24-15)20-17(22)21-9-5-14(6-10-21)23-16-18-7-3-8-19-16/h2-4,7-8,11,13-14H,5-6,9-10,12H2,1H3,(H,20,22). The van der Waals surface area contributed by atoms with Crippen molar-refractivity contribution in [3.05, 3.63) is 40.8 Å². The molecule has 2 amide bonds. The molecule has 0 spiro atoms. The van der Waals surface area contributed by atoms with Crippen LogP contribution < -0.4 is 10.1 Å². The number of hydrogen-bond acceptors (Lipinski definition) is 5. The first-order chi connectivity index (χ1) is 11.7. The third-order valence-electron chi connectivity index (χ3n) is 4.00. The molecule has 2 aromatic rings. The molecule has 0 saturated carbocycles. The van der Waals surface area contributed by atoms with Crippen molar-refractivity contribution in [2.45, 2.75) is 38.3 Å². The third-order valence-corrected chi connectivity index (χ3v) is 4.90. The van der Waals surface area contributed by atoms with Gasteiger partial charge in [0.05, 0.1) is 0 Å². The molecule has 3 heterocycles. The molecule has 6 nitrogen and oxygen atoms in total. The number of hydrogen-bond donors (Lipinski definition) is 1. The lowest BCUT2D eigenvalue weighted by molar-refractivity contribution is 0.102. The Morgan fingerprint density at radius 1 is 1.38 bits per heavy atom. The van der Waals surface area contributed by atoms with Gasteiger partial charge in [0.25, 0.3) is 0 Å². The predicted octanol–water partition coefficient (Wildman–Crippen LogP) is 2.72. The Kier molecular flexibility index (Phi) is 5.63. The fraction of sp³-hybridized carbons (Fsp3) is 0.471. The van der Waals surface area contributed by atoms with Crippen molar-refractivity contribution in [3.8, 4) is 6.01 Å². The van der Waals surface area contributed by atoms with Gasteiger partial charge in [-0.3, -0.25) is 0 Å². The van der Waals surface area contributed by atoms with E-state index >= 15 is 0 Å². The van der Waals surface area contributed by atoms with Gasteiger partial charge in [-0.25, -0.2) is 14.8 Å². The summed E-state index contributed by atoms with van der Waals surface area (Å²) in [5, 5.41) is 5.14. The highest BCUT2D eigenvalue weighted by molar-refractivity contribution is 7.09. The topological polar surface area (TPSA) is 67.4 Å². The highest BCUT2D eigenvalue weighted by atomic mass is 32.1. The SMILES string of the molecule is CC(Cc1cccs1)NC(=O)N1CCC(Oc2ncccn2)CC1. The maximum absolute atomic E-state index is 12.4. The van der Waals surface area contributed by atoms with E-state index in [9.17, 15) is 4.79 Å². The molecule has 3 rings (SSSR count). The van der Waals surface area contributed by atoms with E-state index in [4.69, 9.17) is 4.74 Å². The molecule has 2 aromatic heterocycles. The molecule has 128 valence electrons. The van der Waals surface area contributed by atoms with Crippen LogP contribution >= 0.6 is 11.3 Å². The number of rotatable bonds is 5. The largest absolute Gasteiger partial charge is 0.460 e. The summed E-state index contributed by atoms with van der Waals surface area (Å²) < 4.78 is 5.76. The number of nitrogens with one attached hydrogen (secondary N) is 1. The first-order valence-corrected chi connectivity index (χ1v) is 9.10. The normalized spacial score (nSPS) is 16.6. The van der Waals surface area contributed by atoms with Gasteiger partial charge in [-0.15, -0.1) is 11.3 Å². The minimum atomic E-state index is 0.00784. The monoisotopic (exact) mass is 346 g/mol.